The van der Waals surface area contributed by atoms with E-state index in [1.54, 1.807) is 24.5 Å². The third-order valence-electron chi connectivity index (χ3n) is 2.07. The molecule has 1 aromatic heterocycles. The molecule has 0 spiro atoms. The first-order chi connectivity index (χ1) is 7.75. The Bertz CT molecular complexity index is 474. The van der Waals surface area contributed by atoms with E-state index in [4.69, 9.17) is 4.42 Å². The number of nitrogens with one attached hydrogen (secondary N) is 1. The molecule has 0 amide bonds. The summed E-state index contributed by atoms with van der Waals surface area (Å²) in [6.07, 6.45) is 1.59. The first-order valence-corrected chi connectivity index (χ1v) is 4.85. The average molecular weight is 218 g/mol. The van der Waals surface area contributed by atoms with Gasteiger partial charge < -0.3 is 4.42 Å². The monoisotopic (exact) mass is 218 g/mol. The van der Waals surface area contributed by atoms with Gasteiger partial charge in [-0.1, -0.05) is 0 Å². The Morgan fingerprint density at radius 3 is 2.62 bits per heavy atom. The summed E-state index contributed by atoms with van der Waals surface area (Å²) in [6.45, 7) is 1.83. The zero-order valence-electron chi connectivity index (χ0n) is 8.77. The fourth-order valence-corrected chi connectivity index (χ4v) is 1.21. The molecule has 1 aromatic carbocycles. The van der Waals surface area contributed by atoms with Crippen molar-refractivity contribution in [1.82, 2.24) is 0 Å². The Hall–Kier alpha value is -2.10. The molecule has 16 heavy (non-hydrogen) atoms. The van der Waals surface area contributed by atoms with E-state index in [2.05, 4.69) is 10.5 Å². The van der Waals surface area contributed by atoms with E-state index < -0.39 is 0 Å². The molecule has 1 N–H and O–H groups in total. The lowest BCUT2D eigenvalue weighted by Gasteiger charge is -2.01. The highest BCUT2D eigenvalue weighted by Crippen LogP contribution is 2.09. The standard InChI is InChI=1S/C12H11FN2O/c1-9(12-3-2-8-16-12)14-15-11-6-4-10(13)5-7-11/h2-8,15H,1H3. The molecule has 2 aromatic rings. The Morgan fingerprint density at radius 1 is 1.25 bits per heavy atom. The molecule has 2 rings (SSSR count). The number of hydrazone groups is 1. The van der Waals surface area contributed by atoms with Gasteiger partial charge >= 0.3 is 0 Å². The van der Waals surface area contributed by atoms with Gasteiger partial charge in [0.05, 0.1) is 12.0 Å². The van der Waals surface area contributed by atoms with Crippen molar-refractivity contribution >= 4 is 11.4 Å². The van der Waals surface area contributed by atoms with Crippen molar-refractivity contribution < 1.29 is 8.81 Å². The van der Waals surface area contributed by atoms with Crippen molar-refractivity contribution in [3.05, 3.63) is 54.2 Å². The highest BCUT2D eigenvalue weighted by molar-refractivity contribution is 5.96. The third kappa shape index (κ3) is 2.48. The maximum absolute atomic E-state index is 12.6. The predicted molar refractivity (Wildman–Crippen MR) is 60.9 cm³/mol. The minimum atomic E-state index is -0.266. The molecule has 0 aliphatic rings. The fraction of sp³-hybridized carbons (Fsp3) is 0.0833. The summed E-state index contributed by atoms with van der Waals surface area (Å²) in [4.78, 5) is 0. The van der Waals surface area contributed by atoms with E-state index in [1.165, 1.54) is 12.1 Å². The van der Waals surface area contributed by atoms with Crippen LogP contribution in [0.1, 0.15) is 12.7 Å². The molecule has 0 saturated carbocycles. The molecule has 0 unspecified atom stereocenters. The molecule has 1 heterocycles. The number of hydrogen-bond acceptors (Lipinski definition) is 3. The smallest absolute Gasteiger partial charge is 0.149 e. The van der Waals surface area contributed by atoms with Crippen LogP contribution in [0.15, 0.2) is 52.2 Å². The Balaban J connectivity index is 2.06. The lowest BCUT2D eigenvalue weighted by molar-refractivity contribution is 0.557. The maximum Gasteiger partial charge on any atom is 0.149 e. The van der Waals surface area contributed by atoms with E-state index >= 15 is 0 Å². The van der Waals surface area contributed by atoms with Gasteiger partial charge in [0.15, 0.2) is 0 Å². The summed E-state index contributed by atoms with van der Waals surface area (Å²) in [5.41, 5.74) is 4.28. The highest BCUT2D eigenvalue weighted by atomic mass is 19.1. The van der Waals surface area contributed by atoms with Crippen molar-refractivity contribution in [2.75, 3.05) is 5.43 Å². The summed E-state index contributed by atoms with van der Waals surface area (Å²) in [5.74, 6) is 0.437. The number of halogens is 1. The lowest BCUT2D eigenvalue weighted by Crippen LogP contribution is -1.97. The summed E-state index contributed by atoms with van der Waals surface area (Å²) in [5, 5.41) is 4.12. The van der Waals surface area contributed by atoms with E-state index in [1.807, 2.05) is 13.0 Å². The second kappa shape index (κ2) is 4.61. The SMILES string of the molecule is CC(=NNc1ccc(F)cc1)c1ccco1. The molecule has 0 saturated heterocycles. The van der Waals surface area contributed by atoms with Crippen LogP contribution in [0.4, 0.5) is 10.1 Å². The minimum Gasteiger partial charge on any atom is -0.463 e. The zero-order chi connectivity index (χ0) is 11.4. The van der Waals surface area contributed by atoms with Gasteiger partial charge in [-0.2, -0.15) is 5.10 Å². The van der Waals surface area contributed by atoms with Gasteiger partial charge in [-0.25, -0.2) is 4.39 Å². The Morgan fingerprint density at radius 2 is 2.00 bits per heavy atom. The molecule has 82 valence electrons. The summed E-state index contributed by atoms with van der Waals surface area (Å²) >= 11 is 0. The second-order valence-corrected chi connectivity index (χ2v) is 3.29. The van der Waals surface area contributed by atoms with Gasteiger partial charge in [-0.3, -0.25) is 5.43 Å². The number of anilines is 1. The van der Waals surface area contributed by atoms with Crippen LogP contribution >= 0.6 is 0 Å². The van der Waals surface area contributed by atoms with Crippen molar-refractivity contribution in [2.45, 2.75) is 6.92 Å². The normalized spacial score (nSPS) is 11.5. The number of hydrogen-bond donors (Lipinski definition) is 1. The van der Waals surface area contributed by atoms with Gasteiger partial charge in [0.1, 0.15) is 17.3 Å². The average Bonchev–Trinajstić information content (AvgIpc) is 2.81. The third-order valence-corrected chi connectivity index (χ3v) is 2.07. The number of rotatable bonds is 3. The van der Waals surface area contributed by atoms with Gasteiger partial charge in [-0.05, 0) is 43.3 Å². The van der Waals surface area contributed by atoms with Crippen LogP contribution in [0, 0.1) is 5.82 Å². The molecule has 0 bridgehead atoms. The van der Waals surface area contributed by atoms with Crippen LogP contribution in [0.25, 0.3) is 0 Å². The van der Waals surface area contributed by atoms with Crippen molar-refractivity contribution in [1.29, 1.82) is 0 Å². The van der Waals surface area contributed by atoms with Crippen LogP contribution in [-0.4, -0.2) is 5.71 Å². The largest absolute Gasteiger partial charge is 0.463 e. The van der Waals surface area contributed by atoms with E-state index in [0.717, 1.165) is 11.4 Å². The van der Waals surface area contributed by atoms with E-state index in [-0.39, 0.29) is 5.82 Å². The van der Waals surface area contributed by atoms with Gasteiger partial charge in [0.25, 0.3) is 0 Å². The Kier molecular flexibility index (Phi) is 3.00. The molecule has 0 aliphatic carbocycles. The zero-order valence-corrected chi connectivity index (χ0v) is 8.77. The molecular formula is C12H11FN2O. The van der Waals surface area contributed by atoms with Crippen molar-refractivity contribution in [2.24, 2.45) is 5.10 Å². The first-order valence-electron chi connectivity index (χ1n) is 4.85. The van der Waals surface area contributed by atoms with E-state index in [0.29, 0.717) is 5.76 Å². The van der Waals surface area contributed by atoms with Crippen LogP contribution in [0.5, 0.6) is 0 Å². The Labute approximate surface area is 92.6 Å². The lowest BCUT2D eigenvalue weighted by atomic mass is 10.3. The molecule has 3 nitrogen and oxygen atoms in total. The number of benzene rings is 1. The second-order valence-electron chi connectivity index (χ2n) is 3.29. The first kappa shape index (κ1) is 10.4. The van der Waals surface area contributed by atoms with Crippen molar-refractivity contribution in [3.8, 4) is 0 Å². The van der Waals surface area contributed by atoms with Crippen molar-refractivity contribution in [3.63, 3.8) is 0 Å². The van der Waals surface area contributed by atoms with Crippen LogP contribution in [0.3, 0.4) is 0 Å². The molecular weight excluding hydrogens is 207 g/mol. The molecule has 0 atom stereocenters. The topological polar surface area (TPSA) is 37.5 Å². The van der Waals surface area contributed by atoms with Gasteiger partial charge in [0.2, 0.25) is 0 Å². The maximum atomic E-state index is 12.6. The number of furan rings is 1. The highest BCUT2D eigenvalue weighted by Gasteiger charge is 1.99. The summed E-state index contributed by atoms with van der Waals surface area (Å²) in [7, 11) is 0. The predicted octanol–water partition coefficient (Wildman–Crippen LogP) is 3.25. The molecule has 0 fully saturated rings. The molecule has 4 heteroatoms. The van der Waals surface area contributed by atoms with Crippen LogP contribution < -0.4 is 5.43 Å². The quantitative estimate of drug-likeness (QED) is 0.634. The summed E-state index contributed by atoms with van der Waals surface area (Å²) < 4.78 is 17.8. The molecule has 0 radical (unpaired) electrons. The fourth-order valence-electron chi connectivity index (χ4n) is 1.21. The van der Waals surface area contributed by atoms with Gasteiger partial charge in [-0.15, -0.1) is 0 Å². The summed E-state index contributed by atoms with van der Waals surface area (Å²) in [6, 6.07) is 9.61. The van der Waals surface area contributed by atoms with Gasteiger partial charge in [0, 0.05) is 0 Å². The van der Waals surface area contributed by atoms with Crippen LogP contribution in [-0.2, 0) is 0 Å². The number of nitrogens with zero attached hydrogens (tertiary/aromatic N) is 1. The molecule has 0 aliphatic heterocycles. The minimum absolute atomic E-state index is 0.266. The van der Waals surface area contributed by atoms with Crippen LogP contribution in [0.2, 0.25) is 0 Å². The van der Waals surface area contributed by atoms with E-state index in [9.17, 15) is 4.39 Å².